The van der Waals surface area contributed by atoms with Gasteiger partial charge in [0, 0.05) is 22.6 Å². The molecule has 2 aromatic rings. The molecule has 0 amide bonds. The lowest BCUT2D eigenvalue weighted by Gasteiger charge is -2.09. The van der Waals surface area contributed by atoms with Gasteiger partial charge in [-0.25, -0.2) is 4.68 Å². The zero-order chi connectivity index (χ0) is 12.7. The maximum Gasteiger partial charge on any atom is 0.153 e. The van der Waals surface area contributed by atoms with Crippen LogP contribution < -0.4 is 5.73 Å². The van der Waals surface area contributed by atoms with Crippen LogP contribution in [0.5, 0.6) is 0 Å². The third-order valence-electron chi connectivity index (χ3n) is 3.07. The summed E-state index contributed by atoms with van der Waals surface area (Å²) in [5, 5.41) is 7.98. The molecule has 0 fully saturated rings. The number of nitrogens with zero attached hydrogens (tertiary/aromatic N) is 3. The van der Waals surface area contributed by atoms with Crippen LogP contribution >= 0.6 is 39.0 Å². The Kier molecular flexibility index (Phi) is 3.48. The van der Waals surface area contributed by atoms with E-state index in [1.54, 1.807) is 4.68 Å². The van der Waals surface area contributed by atoms with Crippen LogP contribution in [0.3, 0.4) is 0 Å². The molecular weight excluding hydrogens is 332 g/mol. The molecule has 0 radical (unpaired) electrons. The fraction of sp³-hybridized carbons (Fsp3) is 0.455. The normalized spacial score (nSPS) is 16.6. The van der Waals surface area contributed by atoms with Gasteiger partial charge in [-0.3, -0.25) is 0 Å². The van der Waals surface area contributed by atoms with Gasteiger partial charge < -0.3 is 5.73 Å². The highest BCUT2D eigenvalue weighted by Crippen LogP contribution is 2.36. The van der Waals surface area contributed by atoms with Crippen LogP contribution in [0, 0.1) is 0 Å². The van der Waals surface area contributed by atoms with Crippen LogP contribution in [-0.4, -0.2) is 20.7 Å². The number of aryl methyl sites for hydroxylation is 2. The minimum Gasteiger partial charge on any atom is -0.318 e. The minimum atomic E-state index is -0.153. The van der Waals surface area contributed by atoms with Crippen molar-refractivity contribution in [2.75, 3.05) is 5.75 Å². The highest BCUT2D eigenvalue weighted by Gasteiger charge is 2.22. The molecule has 3 heterocycles. The zero-order valence-corrected chi connectivity index (χ0v) is 13.1. The van der Waals surface area contributed by atoms with Gasteiger partial charge in [-0.05, 0) is 39.7 Å². The highest BCUT2D eigenvalue weighted by molar-refractivity contribution is 9.10. The summed E-state index contributed by atoms with van der Waals surface area (Å²) < 4.78 is 2.47. The van der Waals surface area contributed by atoms with Gasteiger partial charge in [0.05, 0.1) is 11.7 Å². The molecule has 0 saturated carbocycles. The standard InChI is InChI=1S/C11H13BrN4S2/c1-16-10(11(12)14-15-16)9(13)8-4-6-5-17-3-2-7(6)18-8/h4,9H,2-3,5,13H2,1H3. The number of halogens is 1. The molecule has 0 saturated heterocycles. The number of thioether (sulfide) groups is 1. The molecule has 4 nitrogen and oxygen atoms in total. The number of nitrogens with two attached hydrogens (primary N) is 1. The van der Waals surface area contributed by atoms with Gasteiger partial charge in [0.15, 0.2) is 4.60 Å². The Hall–Kier alpha value is -0.370. The number of hydrogen-bond acceptors (Lipinski definition) is 5. The van der Waals surface area contributed by atoms with Crippen molar-refractivity contribution in [2.24, 2.45) is 12.8 Å². The molecule has 0 aliphatic carbocycles. The fourth-order valence-corrected chi connectivity index (χ4v) is 5.08. The Morgan fingerprint density at radius 3 is 3.06 bits per heavy atom. The van der Waals surface area contributed by atoms with Crippen LogP contribution in [0.25, 0.3) is 0 Å². The smallest absolute Gasteiger partial charge is 0.153 e. The summed E-state index contributed by atoms with van der Waals surface area (Å²) >= 11 is 7.24. The van der Waals surface area contributed by atoms with Crippen LogP contribution in [0.15, 0.2) is 10.7 Å². The predicted molar refractivity (Wildman–Crippen MR) is 78.9 cm³/mol. The molecule has 3 rings (SSSR count). The molecular formula is C11H13BrN4S2. The van der Waals surface area contributed by atoms with E-state index in [2.05, 4.69) is 32.3 Å². The van der Waals surface area contributed by atoms with E-state index >= 15 is 0 Å². The predicted octanol–water partition coefficient (Wildman–Crippen LogP) is 2.48. The van der Waals surface area contributed by atoms with E-state index in [1.165, 1.54) is 27.5 Å². The topological polar surface area (TPSA) is 56.7 Å². The van der Waals surface area contributed by atoms with E-state index in [0.29, 0.717) is 0 Å². The fourth-order valence-electron chi connectivity index (χ4n) is 2.13. The lowest BCUT2D eigenvalue weighted by Crippen LogP contribution is -2.15. The summed E-state index contributed by atoms with van der Waals surface area (Å²) in [5.74, 6) is 2.34. The van der Waals surface area contributed by atoms with E-state index in [1.807, 2.05) is 30.1 Å². The zero-order valence-electron chi connectivity index (χ0n) is 9.89. The Labute approximate surface area is 122 Å². The summed E-state index contributed by atoms with van der Waals surface area (Å²) in [7, 11) is 1.87. The lowest BCUT2D eigenvalue weighted by molar-refractivity contribution is 0.654. The number of hydrogen-bond donors (Lipinski definition) is 1. The van der Waals surface area contributed by atoms with Crippen LogP contribution in [0.4, 0.5) is 0 Å². The van der Waals surface area contributed by atoms with Gasteiger partial charge in [-0.2, -0.15) is 11.8 Å². The Morgan fingerprint density at radius 2 is 2.39 bits per heavy atom. The van der Waals surface area contributed by atoms with Gasteiger partial charge in [0.25, 0.3) is 0 Å². The van der Waals surface area contributed by atoms with E-state index < -0.39 is 0 Å². The van der Waals surface area contributed by atoms with Gasteiger partial charge in [-0.1, -0.05) is 5.21 Å². The van der Waals surface area contributed by atoms with Gasteiger partial charge in [0.1, 0.15) is 0 Å². The second-order valence-electron chi connectivity index (χ2n) is 4.27. The second kappa shape index (κ2) is 4.96. The Balaban J connectivity index is 1.97. The second-order valence-corrected chi connectivity index (χ2v) is 7.29. The van der Waals surface area contributed by atoms with Crippen molar-refractivity contribution in [1.29, 1.82) is 0 Å². The average molecular weight is 345 g/mol. The molecule has 0 bridgehead atoms. The quantitative estimate of drug-likeness (QED) is 0.909. The SMILES string of the molecule is Cn1nnc(Br)c1C(N)c1cc2c(s1)CCSC2. The average Bonchev–Trinajstić information content (AvgIpc) is 2.92. The maximum atomic E-state index is 6.35. The van der Waals surface area contributed by atoms with E-state index in [4.69, 9.17) is 5.73 Å². The summed E-state index contributed by atoms with van der Waals surface area (Å²) in [6.07, 6.45) is 1.17. The first kappa shape index (κ1) is 12.7. The molecule has 1 atom stereocenters. The number of aromatic nitrogens is 3. The molecule has 1 aliphatic heterocycles. The van der Waals surface area contributed by atoms with Crippen molar-refractivity contribution in [3.63, 3.8) is 0 Å². The van der Waals surface area contributed by atoms with E-state index in [-0.39, 0.29) is 6.04 Å². The molecule has 18 heavy (non-hydrogen) atoms. The van der Waals surface area contributed by atoms with Gasteiger partial charge in [0.2, 0.25) is 0 Å². The molecule has 2 aromatic heterocycles. The first-order valence-corrected chi connectivity index (χ1v) is 8.43. The van der Waals surface area contributed by atoms with Crippen LogP contribution in [0.2, 0.25) is 0 Å². The third-order valence-corrected chi connectivity index (χ3v) is 5.97. The summed E-state index contributed by atoms with van der Waals surface area (Å²) in [6, 6.07) is 2.09. The highest BCUT2D eigenvalue weighted by atomic mass is 79.9. The molecule has 96 valence electrons. The first-order chi connectivity index (χ1) is 8.66. The minimum absolute atomic E-state index is 0.153. The van der Waals surface area contributed by atoms with Crippen molar-refractivity contribution >= 4 is 39.0 Å². The Morgan fingerprint density at radius 1 is 1.56 bits per heavy atom. The molecule has 1 unspecified atom stereocenters. The molecule has 0 spiro atoms. The first-order valence-electron chi connectivity index (χ1n) is 5.66. The molecule has 1 aliphatic rings. The van der Waals surface area contributed by atoms with Crippen molar-refractivity contribution in [3.05, 3.63) is 31.7 Å². The van der Waals surface area contributed by atoms with Gasteiger partial charge in [-0.15, -0.1) is 16.4 Å². The lowest BCUT2D eigenvalue weighted by atomic mass is 10.1. The monoisotopic (exact) mass is 344 g/mol. The largest absolute Gasteiger partial charge is 0.318 e. The summed E-state index contributed by atoms with van der Waals surface area (Å²) in [6.45, 7) is 0. The molecule has 7 heteroatoms. The molecule has 0 aromatic carbocycles. The maximum absolute atomic E-state index is 6.35. The van der Waals surface area contributed by atoms with Crippen molar-refractivity contribution in [1.82, 2.24) is 15.0 Å². The van der Waals surface area contributed by atoms with E-state index in [0.717, 1.165) is 16.0 Å². The Bertz CT molecular complexity index is 535. The van der Waals surface area contributed by atoms with Crippen LogP contribution in [0.1, 0.15) is 27.1 Å². The number of fused-ring (bicyclic) bond motifs is 1. The number of thiophene rings is 1. The summed E-state index contributed by atoms with van der Waals surface area (Å²) in [4.78, 5) is 2.69. The number of rotatable bonds is 2. The van der Waals surface area contributed by atoms with Crippen molar-refractivity contribution in [2.45, 2.75) is 18.2 Å². The van der Waals surface area contributed by atoms with E-state index in [9.17, 15) is 0 Å². The summed E-state index contributed by atoms with van der Waals surface area (Å²) in [5.41, 5.74) is 8.73. The van der Waals surface area contributed by atoms with Crippen molar-refractivity contribution < 1.29 is 0 Å². The van der Waals surface area contributed by atoms with Crippen LogP contribution in [-0.2, 0) is 19.2 Å². The third kappa shape index (κ3) is 2.13. The van der Waals surface area contributed by atoms with Crippen molar-refractivity contribution in [3.8, 4) is 0 Å². The molecule has 2 N–H and O–H groups in total. The van der Waals surface area contributed by atoms with Gasteiger partial charge >= 0.3 is 0 Å².